The van der Waals surface area contributed by atoms with E-state index in [1.165, 1.54) is 28.9 Å². The average molecular weight is 377 g/mol. The lowest BCUT2D eigenvalue weighted by Crippen LogP contribution is -2.33. The molecule has 1 fully saturated rings. The van der Waals surface area contributed by atoms with Crippen LogP contribution in [0.2, 0.25) is 0 Å². The van der Waals surface area contributed by atoms with Crippen LogP contribution >= 0.6 is 0 Å². The molecule has 1 unspecified atom stereocenters. The summed E-state index contributed by atoms with van der Waals surface area (Å²) in [6.07, 6.45) is 1.70. The number of ether oxygens (including phenoxy) is 1. The molecule has 0 saturated carbocycles. The number of anilines is 2. The molecule has 1 saturated heterocycles. The van der Waals surface area contributed by atoms with Crippen LogP contribution in [0.3, 0.4) is 0 Å². The third kappa shape index (κ3) is 5.52. The summed E-state index contributed by atoms with van der Waals surface area (Å²) < 4.78 is 19.8. The number of carbonyl (C=O) groups is 2. The van der Waals surface area contributed by atoms with Gasteiger partial charge in [0, 0.05) is 26.6 Å². The molecular formula is C18H24FN5O3. The molecule has 27 heavy (non-hydrogen) atoms. The molecule has 8 nitrogen and oxygen atoms in total. The van der Waals surface area contributed by atoms with E-state index in [4.69, 9.17) is 10.1 Å². The number of carbonyl (C=O) groups excluding carboxylic acids is 2. The molecular weight excluding hydrogens is 353 g/mol. The first-order valence-electron chi connectivity index (χ1n) is 8.57. The number of cyclic esters (lactones) is 1. The lowest BCUT2D eigenvalue weighted by atomic mass is 10.2. The molecule has 9 heteroatoms. The van der Waals surface area contributed by atoms with Gasteiger partial charge < -0.3 is 20.3 Å². The van der Waals surface area contributed by atoms with Crippen LogP contribution in [-0.4, -0.2) is 57.2 Å². The van der Waals surface area contributed by atoms with E-state index in [1.807, 2.05) is 0 Å². The van der Waals surface area contributed by atoms with Gasteiger partial charge in [0.2, 0.25) is 5.91 Å². The lowest BCUT2D eigenvalue weighted by molar-refractivity contribution is -0.119. The Morgan fingerprint density at radius 3 is 2.96 bits per heavy atom. The smallest absolute Gasteiger partial charge is 0.414 e. The van der Waals surface area contributed by atoms with Crippen molar-refractivity contribution in [1.29, 1.82) is 5.41 Å². The van der Waals surface area contributed by atoms with Crippen LogP contribution in [0.1, 0.15) is 6.92 Å². The van der Waals surface area contributed by atoms with Gasteiger partial charge in [-0.3, -0.25) is 15.1 Å². The number of amides is 2. The van der Waals surface area contributed by atoms with Gasteiger partial charge >= 0.3 is 6.09 Å². The summed E-state index contributed by atoms with van der Waals surface area (Å²) in [6.45, 7) is 7.02. The molecule has 2 rings (SSSR count). The van der Waals surface area contributed by atoms with Crippen molar-refractivity contribution in [2.24, 2.45) is 0 Å². The Bertz CT molecular complexity index is 712. The van der Waals surface area contributed by atoms with Gasteiger partial charge in [0.25, 0.3) is 0 Å². The highest BCUT2D eigenvalue weighted by Crippen LogP contribution is 2.27. The van der Waals surface area contributed by atoms with Crippen LogP contribution in [0, 0.1) is 11.2 Å². The zero-order valence-electron chi connectivity index (χ0n) is 15.2. The molecule has 0 radical (unpaired) electrons. The number of benzene rings is 1. The first kappa shape index (κ1) is 20.4. The zero-order chi connectivity index (χ0) is 19.8. The van der Waals surface area contributed by atoms with Crippen molar-refractivity contribution in [3.63, 3.8) is 0 Å². The number of rotatable bonds is 10. The summed E-state index contributed by atoms with van der Waals surface area (Å²) in [5.74, 6) is -0.757. The van der Waals surface area contributed by atoms with Crippen molar-refractivity contribution in [2.45, 2.75) is 13.0 Å². The molecule has 1 aliphatic heterocycles. The van der Waals surface area contributed by atoms with E-state index < -0.39 is 18.0 Å². The fraction of sp³-hybridized carbons (Fsp3) is 0.389. The van der Waals surface area contributed by atoms with Crippen LogP contribution in [0.15, 0.2) is 30.9 Å². The van der Waals surface area contributed by atoms with E-state index in [0.717, 1.165) is 6.34 Å². The normalized spacial score (nSPS) is 16.0. The highest BCUT2D eigenvalue weighted by atomic mass is 19.1. The maximum Gasteiger partial charge on any atom is 0.414 e. The van der Waals surface area contributed by atoms with Crippen molar-refractivity contribution < 1.29 is 18.7 Å². The van der Waals surface area contributed by atoms with Crippen LogP contribution in [0.25, 0.3) is 0 Å². The Kier molecular flexibility index (Phi) is 7.30. The third-order valence-electron chi connectivity index (χ3n) is 3.98. The summed E-state index contributed by atoms with van der Waals surface area (Å²) in [4.78, 5) is 25.8. The van der Waals surface area contributed by atoms with Gasteiger partial charge in [-0.25, -0.2) is 9.18 Å². The fourth-order valence-electron chi connectivity index (χ4n) is 2.65. The van der Waals surface area contributed by atoms with Crippen LogP contribution < -0.4 is 20.4 Å². The van der Waals surface area contributed by atoms with E-state index in [0.29, 0.717) is 25.3 Å². The van der Waals surface area contributed by atoms with E-state index in [2.05, 4.69) is 17.2 Å². The van der Waals surface area contributed by atoms with Crippen molar-refractivity contribution in [2.75, 3.05) is 42.5 Å². The molecule has 0 bridgehead atoms. The highest BCUT2D eigenvalue weighted by Gasteiger charge is 2.32. The van der Waals surface area contributed by atoms with Gasteiger partial charge in [-0.1, -0.05) is 6.08 Å². The minimum atomic E-state index is -0.588. The summed E-state index contributed by atoms with van der Waals surface area (Å²) in [7, 11) is 0. The van der Waals surface area contributed by atoms with E-state index in [-0.39, 0.29) is 24.7 Å². The quantitative estimate of drug-likeness (QED) is 0.248. The fourth-order valence-corrected chi connectivity index (χ4v) is 2.65. The topological polar surface area (TPSA) is 97.8 Å². The Balaban J connectivity index is 2.04. The number of hydrogen-bond acceptors (Lipinski definition) is 5. The Labute approximate surface area is 157 Å². The Hall–Kier alpha value is -2.94. The summed E-state index contributed by atoms with van der Waals surface area (Å²) in [5.41, 5.74) is 0.609. The SMILES string of the molecule is C=CCNCCN(C=N)c1ccc(N2CC(CNC(C)=O)OC2=O)cc1F. The first-order valence-corrected chi connectivity index (χ1v) is 8.57. The molecule has 1 aromatic carbocycles. The van der Waals surface area contributed by atoms with Gasteiger partial charge in [-0.15, -0.1) is 6.58 Å². The maximum atomic E-state index is 14.6. The standard InChI is InChI=1S/C18H24FN5O3/c1-3-6-21-7-8-23(12-20)17-5-4-14(9-16(17)19)24-11-15(27-18(24)26)10-22-13(2)25/h3-5,9,12,15,20-21H,1,6-8,10-11H2,2H3,(H,22,25). The summed E-state index contributed by atoms with van der Waals surface area (Å²) in [6, 6.07) is 4.37. The molecule has 3 N–H and O–H groups in total. The highest BCUT2D eigenvalue weighted by molar-refractivity contribution is 5.90. The number of halogens is 1. The van der Waals surface area contributed by atoms with Gasteiger partial charge in [-0.05, 0) is 18.2 Å². The molecule has 0 aliphatic carbocycles. The van der Waals surface area contributed by atoms with Crippen LogP contribution in [0.4, 0.5) is 20.6 Å². The van der Waals surface area contributed by atoms with Crippen molar-refractivity contribution in [3.8, 4) is 0 Å². The second-order valence-corrected chi connectivity index (χ2v) is 6.00. The number of hydrogen-bond donors (Lipinski definition) is 3. The molecule has 0 spiro atoms. The third-order valence-corrected chi connectivity index (χ3v) is 3.98. The minimum absolute atomic E-state index is 0.206. The second-order valence-electron chi connectivity index (χ2n) is 6.00. The molecule has 0 aromatic heterocycles. The van der Waals surface area contributed by atoms with Crippen molar-refractivity contribution >= 4 is 29.7 Å². The maximum absolute atomic E-state index is 14.6. The molecule has 2 amide bonds. The van der Waals surface area contributed by atoms with Gasteiger partial charge in [-0.2, -0.15) is 0 Å². The minimum Gasteiger partial charge on any atom is -0.442 e. The predicted molar refractivity (Wildman–Crippen MR) is 102 cm³/mol. The Morgan fingerprint density at radius 1 is 1.56 bits per heavy atom. The zero-order valence-corrected chi connectivity index (χ0v) is 15.2. The largest absolute Gasteiger partial charge is 0.442 e. The van der Waals surface area contributed by atoms with Crippen LogP contribution in [0.5, 0.6) is 0 Å². The summed E-state index contributed by atoms with van der Waals surface area (Å²) in [5, 5.41) is 13.2. The number of nitrogens with zero attached hydrogens (tertiary/aromatic N) is 2. The summed E-state index contributed by atoms with van der Waals surface area (Å²) >= 11 is 0. The molecule has 1 atom stereocenters. The average Bonchev–Trinajstić information content (AvgIpc) is 3.01. The first-order chi connectivity index (χ1) is 13.0. The second kappa shape index (κ2) is 9.67. The van der Waals surface area contributed by atoms with E-state index in [1.54, 1.807) is 12.1 Å². The monoisotopic (exact) mass is 377 g/mol. The molecule has 1 aromatic rings. The van der Waals surface area contributed by atoms with E-state index in [9.17, 15) is 14.0 Å². The Morgan fingerprint density at radius 2 is 2.33 bits per heavy atom. The van der Waals surface area contributed by atoms with Crippen LogP contribution in [-0.2, 0) is 9.53 Å². The van der Waals surface area contributed by atoms with Crippen molar-refractivity contribution in [3.05, 3.63) is 36.7 Å². The van der Waals surface area contributed by atoms with Gasteiger partial charge in [0.05, 0.1) is 30.8 Å². The predicted octanol–water partition coefficient (Wildman–Crippen LogP) is 1.48. The number of nitrogens with one attached hydrogen (secondary N) is 3. The lowest BCUT2D eigenvalue weighted by Gasteiger charge is -2.21. The molecule has 1 aliphatic rings. The molecule has 146 valence electrons. The van der Waals surface area contributed by atoms with Crippen molar-refractivity contribution in [1.82, 2.24) is 10.6 Å². The van der Waals surface area contributed by atoms with Gasteiger partial charge in [0.15, 0.2) is 0 Å². The molecule has 1 heterocycles. The van der Waals surface area contributed by atoms with Gasteiger partial charge in [0.1, 0.15) is 11.9 Å². The van der Waals surface area contributed by atoms with E-state index >= 15 is 0 Å².